The largest absolute Gasteiger partial charge is 0.493 e. The molecule has 0 unspecified atom stereocenters. The molecule has 12 nitrogen and oxygen atoms in total. The van der Waals surface area contributed by atoms with E-state index in [1.54, 1.807) is 4.90 Å². The molecule has 1 aromatic heterocycles. The van der Waals surface area contributed by atoms with Gasteiger partial charge in [-0.15, -0.1) is 0 Å². The second-order valence-electron chi connectivity index (χ2n) is 21.2. The van der Waals surface area contributed by atoms with Crippen molar-refractivity contribution in [1.82, 2.24) is 4.98 Å². The number of carboxylic acids is 1. The van der Waals surface area contributed by atoms with Gasteiger partial charge in [0.15, 0.2) is 0 Å². The summed E-state index contributed by atoms with van der Waals surface area (Å²) in [6.45, 7) is 16.7. The van der Waals surface area contributed by atoms with Gasteiger partial charge in [0, 0.05) is 23.4 Å². The van der Waals surface area contributed by atoms with Gasteiger partial charge in [0.2, 0.25) is 17.7 Å². The van der Waals surface area contributed by atoms with Gasteiger partial charge in [0.05, 0.1) is 24.1 Å². The first-order valence-electron chi connectivity index (χ1n) is 25.7. The van der Waals surface area contributed by atoms with Crippen molar-refractivity contribution < 1.29 is 42.9 Å². The maximum atomic E-state index is 13.3. The highest BCUT2D eigenvalue weighted by Gasteiger charge is 2.54. The molecular formula is C63H67N3O9. The third-order valence-electron chi connectivity index (χ3n) is 13.4. The number of hydrogen-bond acceptors (Lipinski definition) is 9. The minimum Gasteiger partial charge on any atom is -0.493 e. The summed E-state index contributed by atoms with van der Waals surface area (Å²) in [5, 5.41) is 9.96. The van der Waals surface area contributed by atoms with Crippen molar-refractivity contribution in [3.63, 3.8) is 0 Å². The van der Waals surface area contributed by atoms with E-state index < -0.39 is 35.5 Å². The molecule has 12 heteroatoms. The van der Waals surface area contributed by atoms with Crippen LogP contribution in [-0.4, -0.2) is 58.1 Å². The van der Waals surface area contributed by atoms with Crippen LogP contribution in [0.3, 0.4) is 0 Å². The van der Waals surface area contributed by atoms with Crippen LogP contribution in [0.2, 0.25) is 0 Å². The number of rotatable bonds is 17. The Bertz CT molecular complexity index is 3080. The lowest BCUT2D eigenvalue weighted by Gasteiger charge is -2.46. The third-order valence-corrected chi connectivity index (χ3v) is 13.4. The van der Waals surface area contributed by atoms with Crippen LogP contribution in [0.15, 0.2) is 162 Å². The molecule has 9 rings (SSSR count). The predicted molar refractivity (Wildman–Crippen MR) is 291 cm³/mol. The smallest absolute Gasteiger partial charge is 0.330 e. The number of aryl methyl sites for hydroxylation is 2. The number of ether oxygens (including phenoxy) is 3. The fourth-order valence-electron chi connectivity index (χ4n) is 9.40. The number of amides is 2. The van der Waals surface area contributed by atoms with Gasteiger partial charge in [-0.05, 0) is 141 Å². The van der Waals surface area contributed by atoms with Gasteiger partial charge in [-0.2, -0.15) is 0 Å². The van der Waals surface area contributed by atoms with E-state index in [1.807, 2.05) is 185 Å². The topological polar surface area (TPSA) is 149 Å². The van der Waals surface area contributed by atoms with Gasteiger partial charge in [0.25, 0.3) is 0 Å². The molecule has 2 aliphatic heterocycles. The molecule has 3 heterocycles. The third kappa shape index (κ3) is 13.0. The minimum absolute atomic E-state index is 0.0295. The van der Waals surface area contributed by atoms with Crippen LogP contribution in [-0.2, 0) is 61.6 Å². The summed E-state index contributed by atoms with van der Waals surface area (Å²) in [7, 11) is 0. The second kappa shape index (κ2) is 23.1. The highest BCUT2D eigenvalue weighted by atomic mass is 16.6. The molecule has 0 bridgehead atoms. The molecule has 75 heavy (non-hydrogen) atoms. The number of hydrogen-bond donors (Lipinski definition) is 1. The Balaban J connectivity index is 0.000000201. The molecule has 2 saturated heterocycles. The van der Waals surface area contributed by atoms with Crippen LogP contribution >= 0.6 is 0 Å². The van der Waals surface area contributed by atoms with Crippen molar-refractivity contribution in [3.8, 4) is 23.0 Å². The lowest BCUT2D eigenvalue weighted by atomic mass is 9.81. The van der Waals surface area contributed by atoms with Gasteiger partial charge < -0.3 is 23.7 Å². The van der Waals surface area contributed by atoms with Crippen LogP contribution in [0.25, 0.3) is 11.5 Å². The summed E-state index contributed by atoms with van der Waals surface area (Å²) in [6, 6.07) is 48.8. The van der Waals surface area contributed by atoms with E-state index in [0.29, 0.717) is 49.8 Å². The van der Waals surface area contributed by atoms with Gasteiger partial charge >= 0.3 is 11.9 Å². The molecule has 0 saturated carbocycles. The lowest BCUT2D eigenvalue weighted by Crippen LogP contribution is -2.66. The Labute approximate surface area is 440 Å². The number of carboxylic acid groups (broad SMARTS) is 1. The predicted octanol–water partition coefficient (Wildman–Crippen LogP) is 12.0. The van der Waals surface area contributed by atoms with E-state index in [4.69, 9.17) is 18.6 Å². The molecule has 1 N–H and O–H groups in total. The normalized spacial score (nSPS) is 17.3. The van der Waals surface area contributed by atoms with E-state index in [9.17, 15) is 24.3 Å². The SMILES string of the molecule is CCc1ccc(N2C(=O)[C@@H](Cc3cccc(OCc4ccccc4)c3)[C@H]2C(=O)OC(C)(C)C)cc1.Cc1oc(-c2ccccc2)nc1CCOc1cccc(C[C@@H]2C(=O)N(c3ccc(C(C)(C)C)cc3)[C@@H]2C(=O)O)c1. The molecule has 0 radical (unpaired) electrons. The van der Waals surface area contributed by atoms with Crippen LogP contribution in [0.1, 0.15) is 87.7 Å². The van der Waals surface area contributed by atoms with Gasteiger partial charge in [-0.25, -0.2) is 14.6 Å². The minimum atomic E-state index is -1.00. The molecule has 6 aromatic carbocycles. The molecule has 0 spiro atoms. The number of nitrogens with zero attached hydrogens (tertiary/aromatic N) is 3. The quantitative estimate of drug-likeness (QED) is 0.0690. The number of β-lactam (4-membered cyclic amide) rings is 2. The number of aliphatic carboxylic acids is 1. The van der Waals surface area contributed by atoms with Crippen LogP contribution in [0, 0.1) is 18.8 Å². The second-order valence-corrected chi connectivity index (χ2v) is 21.2. The molecule has 2 amide bonds. The number of anilines is 2. The number of benzene rings is 6. The fourth-order valence-corrected chi connectivity index (χ4v) is 9.40. The summed E-state index contributed by atoms with van der Waals surface area (Å²) in [5.41, 5.74) is 7.63. The highest BCUT2D eigenvalue weighted by Crippen LogP contribution is 2.39. The van der Waals surface area contributed by atoms with Crippen molar-refractivity contribution in [2.24, 2.45) is 11.8 Å². The van der Waals surface area contributed by atoms with E-state index in [0.717, 1.165) is 57.1 Å². The lowest BCUT2D eigenvalue weighted by molar-refractivity contribution is -0.163. The number of carbonyl (C=O) groups is 4. The molecule has 388 valence electrons. The Hall–Kier alpha value is -7.99. The van der Waals surface area contributed by atoms with Crippen molar-refractivity contribution in [2.75, 3.05) is 16.4 Å². The maximum Gasteiger partial charge on any atom is 0.330 e. The standard InChI is InChI=1S/C33H34N2O5.C30H33NO4/c1-21-28(34-30(40-21)23-10-6-5-7-11-23)17-18-39-26-12-8-9-22(19-26)20-27-29(32(37)38)35(31(27)36)25-15-13-24(14-16-25)33(2,3)4;1-5-21-14-16-24(17-15-21)31-27(29(33)35-30(2,3)4)26(28(31)32)19-23-12-9-13-25(18-23)34-20-22-10-7-6-8-11-22/h5-16,19,27,29H,17-18,20H2,1-4H3,(H,37,38);6-18,26-27H,5,19-20H2,1-4H3/t27-,29-;26-,27-/m00/s1. The first-order valence-corrected chi connectivity index (χ1v) is 25.7. The molecule has 2 aliphatic rings. The fraction of sp³-hybridized carbons (Fsp3) is 0.317. The first kappa shape index (κ1) is 53.3. The van der Waals surface area contributed by atoms with E-state index in [1.165, 1.54) is 10.5 Å². The average molecular weight is 1010 g/mol. The van der Waals surface area contributed by atoms with Crippen LogP contribution < -0.4 is 19.3 Å². The zero-order chi connectivity index (χ0) is 53.4. The molecule has 7 aromatic rings. The molecular weight excluding hydrogens is 943 g/mol. The van der Waals surface area contributed by atoms with Gasteiger partial charge in [0.1, 0.15) is 41.6 Å². The number of esters is 1. The van der Waals surface area contributed by atoms with E-state index in [2.05, 4.69) is 32.7 Å². The summed E-state index contributed by atoms with van der Waals surface area (Å²) in [6.07, 6.45) is 2.26. The number of carbonyl (C=O) groups excluding carboxylic acids is 3. The molecule has 4 atom stereocenters. The summed E-state index contributed by atoms with van der Waals surface area (Å²) >= 11 is 0. The molecule has 2 fully saturated rings. The van der Waals surface area contributed by atoms with E-state index in [-0.39, 0.29) is 23.2 Å². The van der Waals surface area contributed by atoms with Crippen molar-refractivity contribution >= 4 is 35.1 Å². The average Bonchev–Trinajstić information content (AvgIpc) is 3.79. The van der Waals surface area contributed by atoms with Crippen molar-refractivity contribution in [3.05, 3.63) is 197 Å². The summed E-state index contributed by atoms with van der Waals surface area (Å²) < 4.78 is 23.5. The number of oxazole rings is 1. The van der Waals surface area contributed by atoms with Crippen LogP contribution in [0.5, 0.6) is 11.5 Å². The maximum absolute atomic E-state index is 13.3. The number of aromatic nitrogens is 1. The zero-order valence-electron chi connectivity index (χ0n) is 44.1. The summed E-state index contributed by atoms with van der Waals surface area (Å²) in [4.78, 5) is 59.4. The first-order chi connectivity index (χ1) is 35.9. The monoisotopic (exact) mass is 1010 g/mol. The van der Waals surface area contributed by atoms with Crippen molar-refractivity contribution in [1.29, 1.82) is 0 Å². The van der Waals surface area contributed by atoms with Crippen molar-refractivity contribution in [2.45, 2.75) is 111 Å². The Morgan fingerprint density at radius 2 is 1.15 bits per heavy atom. The Morgan fingerprint density at radius 1 is 0.627 bits per heavy atom. The molecule has 0 aliphatic carbocycles. The van der Waals surface area contributed by atoms with E-state index >= 15 is 0 Å². The van der Waals surface area contributed by atoms with Gasteiger partial charge in [-0.1, -0.05) is 125 Å². The highest BCUT2D eigenvalue weighted by molar-refractivity contribution is 6.11. The Morgan fingerprint density at radius 3 is 1.69 bits per heavy atom. The van der Waals surface area contributed by atoms with Gasteiger partial charge in [-0.3, -0.25) is 19.4 Å². The van der Waals surface area contributed by atoms with Crippen LogP contribution in [0.4, 0.5) is 11.4 Å². The Kier molecular flexibility index (Phi) is 16.4. The zero-order valence-corrected chi connectivity index (χ0v) is 44.1. The summed E-state index contributed by atoms with van der Waals surface area (Å²) in [5.74, 6) is -0.00510.